The van der Waals surface area contributed by atoms with E-state index in [2.05, 4.69) is 14.8 Å². The van der Waals surface area contributed by atoms with Gasteiger partial charge in [-0.1, -0.05) is 0 Å². The third-order valence-corrected chi connectivity index (χ3v) is 5.79. The molecular formula is C19H29N5O2. The molecule has 2 amide bonds. The SMILES string of the molecule is CN(C)C(=O)CN1CCN(C)C2(CCN(Cc3ccncc3)CC2)C1=O. The van der Waals surface area contributed by atoms with Gasteiger partial charge in [-0.15, -0.1) is 0 Å². The summed E-state index contributed by atoms with van der Waals surface area (Å²) in [6, 6.07) is 4.08. The highest BCUT2D eigenvalue weighted by molar-refractivity contribution is 5.91. The van der Waals surface area contributed by atoms with Crippen LogP contribution in [0.4, 0.5) is 0 Å². The van der Waals surface area contributed by atoms with E-state index in [1.165, 1.54) is 5.56 Å². The molecule has 1 aromatic rings. The number of hydrogen-bond donors (Lipinski definition) is 0. The Morgan fingerprint density at radius 3 is 2.42 bits per heavy atom. The summed E-state index contributed by atoms with van der Waals surface area (Å²) >= 11 is 0. The summed E-state index contributed by atoms with van der Waals surface area (Å²) in [7, 11) is 5.51. The van der Waals surface area contributed by atoms with Crippen molar-refractivity contribution < 1.29 is 9.59 Å². The second-order valence-electron chi connectivity index (χ2n) is 7.60. The lowest BCUT2D eigenvalue weighted by molar-refractivity contribution is -0.157. The van der Waals surface area contributed by atoms with Crippen LogP contribution in [0.25, 0.3) is 0 Å². The lowest BCUT2D eigenvalue weighted by Gasteiger charge is -2.51. The number of nitrogens with zero attached hydrogens (tertiary/aromatic N) is 5. The van der Waals surface area contributed by atoms with Gasteiger partial charge in [0, 0.05) is 59.2 Å². The molecule has 0 bridgehead atoms. The average molecular weight is 359 g/mol. The van der Waals surface area contributed by atoms with Gasteiger partial charge in [0.05, 0.1) is 6.54 Å². The molecule has 2 aliphatic rings. The molecule has 0 unspecified atom stereocenters. The fourth-order valence-corrected chi connectivity index (χ4v) is 3.92. The van der Waals surface area contributed by atoms with E-state index in [-0.39, 0.29) is 18.4 Å². The van der Waals surface area contributed by atoms with Crippen LogP contribution in [0.5, 0.6) is 0 Å². The van der Waals surface area contributed by atoms with Crippen LogP contribution in [0.15, 0.2) is 24.5 Å². The average Bonchev–Trinajstić information content (AvgIpc) is 2.64. The number of aromatic nitrogens is 1. The van der Waals surface area contributed by atoms with Crippen LogP contribution in [-0.2, 0) is 16.1 Å². The maximum atomic E-state index is 13.2. The van der Waals surface area contributed by atoms with E-state index in [1.807, 2.05) is 31.6 Å². The molecule has 2 fully saturated rings. The van der Waals surface area contributed by atoms with Crippen molar-refractivity contribution in [1.82, 2.24) is 24.6 Å². The van der Waals surface area contributed by atoms with Gasteiger partial charge in [0.1, 0.15) is 5.54 Å². The Hall–Kier alpha value is -1.99. The van der Waals surface area contributed by atoms with Crippen molar-refractivity contribution in [3.8, 4) is 0 Å². The Kier molecular flexibility index (Phi) is 5.58. The summed E-state index contributed by atoms with van der Waals surface area (Å²) in [6.07, 6.45) is 5.25. The van der Waals surface area contributed by atoms with Crippen LogP contribution in [0, 0.1) is 0 Å². The first-order valence-corrected chi connectivity index (χ1v) is 9.24. The van der Waals surface area contributed by atoms with E-state index >= 15 is 0 Å². The van der Waals surface area contributed by atoms with Gasteiger partial charge >= 0.3 is 0 Å². The van der Waals surface area contributed by atoms with E-state index in [0.29, 0.717) is 6.54 Å². The molecule has 0 aliphatic carbocycles. The van der Waals surface area contributed by atoms with Crippen molar-refractivity contribution in [2.45, 2.75) is 24.9 Å². The van der Waals surface area contributed by atoms with Gasteiger partial charge in [0.15, 0.2) is 0 Å². The quantitative estimate of drug-likeness (QED) is 0.773. The summed E-state index contributed by atoms with van der Waals surface area (Å²) in [4.78, 5) is 37.3. The van der Waals surface area contributed by atoms with E-state index < -0.39 is 5.54 Å². The Balaban J connectivity index is 1.65. The third kappa shape index (κ3) is 3.73. The molecule has 0 saturated carbocycles. The summed E-state index contributed by atoms with van der Waals surface area (Å²) in [5, 5.41) is 0. The van der Waals surface area contributed by atoms with E-state index in [4.69, 9.17) is 0 Å². The Morgan fingerprint density at radius 2 is 1.81 bits per heavy atom. The number of piperazine rings is 1. The minimum atomic E-state index is -0.459. The molecule has 2 saturated heterocycles. The molecule has 2 aliphatic heterocycles. The standard InChI is InChI=1S/C19H29N5O2/c1-21(2)17(25)15-24-13-12-22(3)19(18(24)26)6-10-23(11-7-19)14-16-4-8-20-9-5-16/h4-5,8-9H,6-7,10-15H2,1-3H3. The molecule has 3 rings (SSSR count). The highest BCUT2D eigenvalue weighted by Crippen LogP contribution is 2.33. The molecule has 0 N–H and O–H groups in total. The Morgan fingerprint density at radius 1 is 1.15 bits per heavy atom. The molecule has 142 valence electrons. The molecule has 7 nitrogen and oxygen atoms in total. The molecular weight excluding hydrogens is 330 g/mol. The number of carbonyl (C=O) groups is 2. The topological polar surface area (TPSA) is 60.0 Å². The van der Waals surface area contributed by atoms with Gasteiger partial charge in [-0.2, -0.15) is 0 Å². The number of carbonyl (C=O) groups excluding carboxylic acids is 2. The Labute approximate surface area is 155 Å². The minimum absolute atomic E-state index is 0.0202. The van der Waals surface area contributed by atoms with Gasteiger partial charge in [-0.05, 0) is 37.6 Å². The fraction of sp³-hybridized carbons (Fsp3) is 0.632. The molecule has 0 radical (unpaired) electrons. The van der Waals surface area contributed by atoms with Gasteiger partial charge < -0.3 is 9.80 Å². The largest absolute Gasteiger partial charge is 0.347 e. The monoisotopic (exact) mass is 359 g/mol. The van der Waals surface area contributed by atoms with E-state index in [0.717, 1.165) is 39.0 Å². The minimum Gasteiger partial charge on any atom is -0.347 e. The second kappa shape index (κ2) is 7.72. The predicted molar refractivity (Wildman–Crippen MR) is 99.4 cm³/mol. The third-order valence-electron chi connectivity index (χ3n) is 5.79. The molecule has 0 atom stereocenters. The Bertz CT molecular complexity index is 641. The maximum absolute atomic E-state index is 13.2. The first kappa shape index (κ1) is 18.8. The zero-order valence-corrected chi connectivity index (χ0v) is 16.0. The van der Waals surface area contributed by atoms with Crippen molar-refractivity contribution in [2.24, 2.45) is 0 Å². The smallest absolute Gasteiger partial charge is 0.243 e. The van der Waals surface area contributed by atoms with E-state index in [9.17, 15) is 9.59 Å². The van der Waals surface area contributed by atoms with Crippen LogP contribution in [0.2, 0.25) is 0 Å². The molecule has 3 heterocycles. The number of rotatable bonds is 4. The highest BCUT2D eigenvalue weighted by atomic mass is 16.2. The summed E-state index contributed by atoms with van der Waals surface area (Å²) in [6.45, 7) is 4.28. The lowest BCUT2D eigenvalue weighted by Crippen LogP contribution is -2.68. The molecule has 1 spiro atoms. The zero-order chi connectivity index (χ0) is 18.7. The van der Waals surface area contributed by atoms with Crippen LogP contribution in [-0.4, -0.2) is 95.8 Å². The van der Waals surface area contributed by atoms with Crippen molar-refractivity contribution in [3.05, 3.63) is 30.1 Å². The van der Waals surface area contributed by atoms with Crippen molar-refractivity contribution in [2.75, 3.05) is 53.9 Å². The lowest BCUT2D eigenvalue weighted by atomic mass is 9.82. The van der Waals surface area contributed by atoms with Gasteiger partial charge in [-0.25, -0.2) is 0 Å². The van der Waals surface area contributed by atoms with Crippen molar-refractivity contribution >= 4 is 11.8 Å². The van der Waals surface area contributed by atoms with Crippen LogP contribution in [0.1, 0.15) is 18.4 Å². The maximum Gasteiger partial charge on any atom is 0.243 e. The number of likely N-dealkylation sites (tertiary alicyclic amines) is 1. The summed E-state index contributed by atoms with van der Waals surface area (Å²) in [5.41, 5.74) is 0.789. The van der Waals surface area contributed by atoms with Crippen LogP contribution >= 0.6 is 0 Å². The van der Waals surface area contributed by atoms with Crippen molar-refractivity contribution in [1.29, 1.82) is 0 Å². The second-order valence-corrected chi connectivity index (χ2v) is 7.60. The summed E-state index contributed by atoms with van der Waals surface area (Å²) in [5.74, 6) is 0.0955. The normalized spacial score (nSPS) is 21.2. The van der Waals surface area contributed by atoms with Crippen LogP contribution < -0.4 is 0 Å². The first-order chi connectivity index (χ1) is 12.4. The number of amides is 2. The van der Waals surface area contributed by atoms with Gasteiger partial charge in [0.2, 0.25) is 11.8 Å². The first-order valence-electron chi connectivity index (χ1n) is 9.24. The molecule has 0 aromatic carbocycles. The number of likely N-dealkylation sites (N-methyl/N-ethyl adjacent to an activating group) is 2. The number of pyridine rings is 1. The fourth-order valence-electron chi connectivity index (χ4n) is 3.92. The number of piperidine rings is 1. The van der Waals surface area contributed by atoms with E-state index in [1.54, 1.807) is 23.9 Å². The van der Waals surface area contributed by atoms with Gasteiger partial charge in [-0.3, -0.25) is 24.4 Å². The molecule has 26 heavy (non-hydrogen) atoms. The highest BCUT2D eigenvalue weighted by Gasteiger charge is 2.49. The summed E-state index contributed by atoms with van der Waals surface area (Å²) < 4.78 is 0. The van der Waals surface area contributed by atoms with Crippen molar-refractivity contribution in [3.63, 3.8) is 0 Å². The zero-order valence-electron chi connectivity index (χ0n) is 16.0. The predicted octanol–water partition coefficient (Wildman–Crippen LogP) is 0.278. The van der Waals surface area contributed by atoms with Gasteiger partial charge in [0.25, 0.3) is 0 Å². The molecule has 1 aromatic heterocycles. The van der Waals surface area contributed by atoms with Crippen LogP contribution in [0.3, 0.4) is 0 Å². The molecule has 7 heteroatoms. The number of hydrogen-bond acceptors (Lipinski definition) is 5.